The number of aryl methyl sites for hydroxylation is 1. The standard InChI is InChI=1S/C13H18ClNO2S/c14-9-5-11-18(16,17)15-10-4-3-7-12-6-1-2-8-13(12)15/h1-2,6,8H,3-5,7,9-11H2. The number of hydrogen-bond donors (Lipinski definition) is 0. The van der Waals surface area contributed by atoms with E-state index in [1.807, 2.05) is 24.3 Å². The van der Waals surface area contributed by atoms with E-state index in [1.165, 1.54) is 0 Å². The zero-order valence-corrected chi connectivity index (χ0v) is 11.9. The van der Waals surface area contributed by atoms with Crippen LogP contribution in [-0.2, 0) is 16.4 Å². The molecule has 0 fully saturated rings. The van der Waals surface area contributed by atoms with Gasteiger partial charge >= 0.3 is 0 Å². The fourth-order valence-corrected chi connectivity index (χ4v) is 4.20. The number of halogens is 1. The molecule has 0 amide bonds. The van der Waals surface area contributed by atoms with Crippen molar-refractivity contribution in [3.8, 4) is 0 Å². The van der Waals surface area contributed by atoms with Crippen LogP contribution in [0.2, 0.25) is 0 Å². The van der Waals surface area contributed by atoms with Crippen molar-refractivity contribution in [2.75, 3.05) is 22.5 Å². The van der Waals surface area contributed by atoms with Gasteiger partial charge in [0.05, 0.1) is 11.4 Å². The van der Waals surface area contributed by atoms with Gasteiger partial charge in [0.1, 0.15) is 0 Å². The van der Waals surface area contributed by atoms with Gasteiger partial charge < -0.3 is 0 Å². The summed E-state index contributed by atoms with van der Waals surface area (Å²) >= 11 is 5.60. The molecule has 0 aromatic heterocycles. The minimum atomic E-state index is -3.23. The van der Waals surface area contributed by atoms with Gasteiger partial charge in [-0.15, -0.1) is 11.6 Å². The number of anilines is 1. The van der Waals surface area contributed by atoms with Crippen molar-refractivity contribution in [1.82, 2.24) is 0 Å². The molecule has 1 heterocycles. The van der Waals surface area contributed by atoms with Crippen LogP contribution in [0.1, 0.15) is 24.8 Å². The molecule has 1 aliphatic heterocycles. The maximum Gasteiger partial charge on any atom is 0.235 e. The highest BCUT2D eigenvalue weighted by molar-refractivity contribution is 7.92. The van der Waals surface area contributed by atoms with Gasteiger partial charge in [0.25, 0.3) is 0 Å². The number of alkyl halides is 1. The molecule has 5 heteroatoms. The Morgan fingerprint density at radius 1 is 1.22 bits per heavy atom. The first-order valence-corrected chi connectivity index (χ1v) is 8.44. The molecule has 3 nitrogen and oxygen atoms in total. The van der Waals surface area contributed by atoms with Gasteiger partial charge in [0, 0.05) is 12.4 Å². The van der Waals surface area contributed by atoms with E-state index in [0.29, 0.717) is 18.8 Å². The summed E-state index contributed by atoms with van der Waals surface area (Å²) in [7, 11) is -3.23. The number of rotatable bonds is 4. The van der Waals surface area contributed by atoms with E-state index < -0.39 is 10.0 Å². The Labute approximate surface area is 114 Å². The molecule has 0 bridgehead atoms. The first-order valence-electron chi connectivity index (χ1n) is 6.29. The monoisotopic (exact) mass is 287 g/mol. The third-order valence-electron chi connectivity index (χ3n) is 3.19. The second-order valence-corrected chi connectivity index (χ2v) is 6.91. The van der Waals surface area contributed by atoms with Crippen LogP contribution in [0.3, 0.4) is 0 Å². The van der Waals surface area contributed by atoms with E-state index in [-0.39, 0.29) is 5.75 Å². The minimum Gasteiger partial charge on any atom is -0.270 e. The summed E-state index contributed by atoms with van der Waals surface area (Å²) in [4.78, 5) is 0. The van der Waals surface area contributed by atoms with Crippen molar-refractivity contribution in [1.29, 1.82) is 0 Å². The Kier molecular flexibility index (Phi) is 4.51. The Hall–Kier alpha value is -0.740. The summed E-state index contributed by atoms with van der Waals surface area (Å²) < 4.78 is 26.2. The summed E-state index contributed by atoms with van der Waals surface area (Å²) in [5.74, 6) is 0.513. The van der Waals surface area contributed by atoms with Gasteiger partial charge in [-0.2, -0.15) is 0 Å². The van der Waals surface area contributed by atoms with E-state index in [0.717, 1.165) is 30.5 Å². The lowest BCUT2D eigenvalue weighted by Gasteiger charge is -2.24. The zero-order chi connectivity index (χ0) is 13.0. The van der Waals surface area contributed by atoms with Gasteiger partial charge in [-0.05, 0) is 37.3 Å². The van der Waals surface area contributed by atoms with E-state index in [2.05, 4.69) is 0 Å². The highest BCUT2D eigenvalue weighted by Gasteiger charge is 2.25. The number of benzene rings is 1. The molecule has 0 aliphatic carbocycles. The van der Waals surface area contributed by atoms with Crippen LogP contribution in [0.5, 0.6) is 0 Å². The van der Waals surface area contributed by atoms with Crippen LogP contribution < -0.4 is 4.31 Å². The predicted octanol–water partition coefficient (Wildman–Crippen LogP) is 2.79. The summed E-state index contributed by atoms with van der Waals surface area (Å²) in [5.41, 5.74) is 1.98. The van der Waals surface area contributed by atoms with Crippen LogP contribution in [0.15, 0.2) is 24.3 Å². The van der Waals surface area contributed by atoms with Crippen molar-refractivity contribution in [2.45, 2.75) is 25.7 Å². The molecule has 2 rings (SSSR count). The van der Waals surface area contributed by atoms with Crippen molar-refractivity contribution in [3.05, 3.63) is 29.8 Å². The van der Waals surface area contributed by atoms with E-state index in [9.17, 15) is 8.42 Å². The van der Waals surface area contributed by atoms with E-state index in [1.54, 1.807) is 4.31 Å². The molecule has 0 unspecified atom stereocenters. The van der Waals surface area contributed by atoms with Crippen LogP contribution in [0.4, 0.5) is 5.69 Å². The summed E-state index contributed by atoms with van der Waals surface area (Å²) in [5, 5.41) is 0. The molecule has 1 aromatic carbocycles. The van der Waals surface area contributed by atoms with Crippen molar-refractivity contribution in [2.24, 2.45) is 0 Å². The highest BCUT2D eigenvalue weighted by atomic mass is 35.5. The average molecular weight is 288 g/mol. The largest absolute Gasteiger partial charge is 0.270 e. The normalized spacial score (nSPS) is 16.2. The topological polar surface area (TPSA) is 37.4 Å². The summed E-state index contributed by atoms with van der Waals surface area (Å²) in [6.45, 7) is 0.585. The van der Waals surface area contributed by atoms with Crippen LogP contribution in [0.25, 0.3) is 0 Å². The molecule has 0 spiro atoms. The molecular formula is C13H18ClNO2S. The van der Waals surface area contributed by atoms with Crippen molar-refractivity contribution >= 4 is 27.3 Å². The summed E-state index contributed by atoms with van der Waals surface area (Å²) in [6.07, 6.45) is 3.41. The Balaban J connectivity index is 2.33. The first-order chi connectivity index (χ1) is 8.65. The van der Waals surface area contributed by atoms with E-state index >= 15 is 0 Å². The Bertz CT molecular complexity index is 501. The molecule has 0 radical (unpaired) electrons. The number of fused-ring (bicyclic) bond motifs is 1. The van der Waals surface area contributed by atoms with Crippen LogP contribution >= 0.6 is 11.6 Å². The molecule has 0 N–H and O–H groups in total. The Morgan fingerprint density at radius 2 is 2.00 bits per heavy atom. The third kappa shape index (κ3) is 2.98. The lowest BCUT2D eigenvalue weighted by atomic mass is 10.1. The molecular weight excluding hydrogens is 270 g/mol. The lowest BCUT2D eigenvalue weighted by Crippen LogP contribution is -2.34. The van der Waals surface area contributed by atoms with Gasteiger partial charge in [-0.25, -0.2) is 8.42 Å². The molecule has 100 valence electrons. The fraction of sp³-hybridized carbons (Fsp3) is 0.538. The Morgan fingerprint density at radius 3 is 2.78 bits per heavy atom. The van der Waals surface area contributed by atoms with Crippen LogP contribution in [-0.4, -0.2) is 26.6 Å². The number of sulfonamides is 1. The van der Waals surface area contributed by atoms with Gasteiger partial charge in [0.15, 0.2) is 0 Å². The molecule has 1 aliphatic rings. The van der Waals surface area contributed by atoms with Crippen molar-refractivity contribution < 1.29 is 8.42 Å². The maximum atomic E-state index is 12.3. The van der Waals surface area contributed by atoms with Gasteiger partial charge in [-0.1, -0.05) is 18.2 Å². The average Bonchev–Trinajstić information content (AvgIpc) is 2.59. The smallest absolute Gasteiger partial charge is 0.235 e. The fourth-order valence-electron chi connectivity index (χ4n) is 2.29. The molecule has 1 aromatic rings. The quantitative estimate of drug-likeness (QED) is 0.799. The zero-order valence-electron chi connectivity index (χ0n) is 10.3. The first kappa shape index (κ1) is 13.7. The third-order valence-corrected chi connectivity index (χ3v) is 5.31. The van der Waals surface area contributed by atoms with Gasteiger partial charge in [-0.3, -0.25) is 4.31 Å². The molecule has 0 saturated carbocycles. The number of hydrogen-bond acceptors (Lipinski definition) is 2. The summed E-state index contributed by atoms with van der Waals surface area (Å²) in [6, 6.07) is 7.78. The second-order valence-electron chi connectivity index (χ2n) is 4.52. The number of nitrogens with zero attached hydrogens (tertiary/aromatic N) is 1. The number of para-hydroxylation sites is 1. The maximum absolute atomic E-state index is 12.3. The highest BCUT2D eigenvalue weighted by Crippen LogP contribution is 2.28. The predicted molar refractivity (Wildman–Crippen MR) is 75.8 cm³/mol. The second kappa shape index (κ2) is 5.93. The SMILES string of the molecule is O=S(=O)(CCCCl)N1CCCCc2ccccc21. The van der Waals surface area contributed by atoms with Gasteiger partial charge in [0.2, 0.25) is 10.0 Å². The van der Waals surface area contributed by atoms with E-state index in [4.69, 9.17) is 11.6 Å². The molecule has 18 heavy (non-hydrogen) atoms. The lowest BCUT2D eigenvalue weighted by molar-refractivity contribution is 0.588. The molecule has 0 atom stereocenters. The molecule has 0 saturated heterocycles. The van der Waals surface area contributed by atoms with Crippen molar-refractivity contribution in [3.63, 3.8) is 0 Å². The minimum absolute atomic E-state index is 0.130. The van der Waals surface area contributed by atoms with Crippen LogP contribution in [0, 0.1) is 0 Å².